The zero-order valence-electron chi connectivity index (χ0n) is 9.88. The van der Waals surface area contributed by atoms with E-state index >= 15 is 0 Å². The Hall–Kier alpha value is -1.39. The van der Waals surface area contributed by atoms with Crippen LogP contribution in [0.1, 0.15) is 0 Å². The van der Waals surface area contributed by atoms with Crippen LogP contribution in [0.25, 0.3) is 10.9 Å². The molecule has 0 saturated carbocycles. The van der Waals surface area contributed by atoms with Gasteiger partial charge in [-0.25, -0.2) is 0 Å². The monoisotopic (exact) mass is 231 g/mol. The van der Waals surface area contributed by atoms with Gasteiger partial charge in [-0.3, -0.25) is 9.58 Å². The number of hydrogen-bond acceptors (Lipinski definition) is 3. The molecule has 2 heterocycles. The van der Waals surface area contributed by atoms with E-state index in [1.165, 1.54) is 5.39 Å². The van der Waals surface area contributed by atoms with Crippen LogP contribution in [-0.2, 0) is 11.3 Å². The Bertz CT molecular complexity index is 455. The smallest absolute Gasteiger partial charge is 0.0923 e. The van der Waals surface area contributed by atoms with Crippen LogP contribution < -0.4 is 0 Å². The molecule has 1 aromatic carbocycles. The van der Waals surface area contributed by atoms with Gasteiger partial charge in [0.1, 0.15) is 0 Å². The van der Waals surface area contributed by atoms with Crippen molar-refractivity contribution in [1.29, 1.82) is 0 Å². The Labute approximate surface area is 101 Å². The molecule has 4 nitrogen and oxygen atoms in total. The molecule has 1 saturated heterocycles. The van der Waals surface area contributed by atoms with Gasteiger partial charge >= 0.3 is 0 Å². The highest BCUT2D eigenvalue weighted by molar-refractivity contribution is 5.77. The molecule has 0 amide bonds. The number of hydrogen-bond donors (Lipinski definition) is 0. The minimum absolute atomic E-state index is 0.862. The summed E-state index contributed by atoms with van der Waals surface area (Å²) in [5, 5.41) is 5.77. The van der Waals surface area contributed by atoms with E-state index in [1.807, 2.05) is 10.7 Å². The van der Waals surface area contributed by atoms with Crippen molar-refractivity contribution in [3.8, 4) is 0 Å². The van der Waals surface area contributed by atoms with Gasteiger partial charge in [0, 0.05) is 31.2 Å². The minimum atomic E-state index is 0.862. The molecule has 1 aliphatic heterocycles. The zero-order chi connectivity index (χ0) is 11.5. The lowest BCUT2D eigenvalue weighted by atomic mass is 10.3. The van der Waals surface area contributed by atoms with Gasteiger partial charge in [0.2, 0.25) is 0 Å². The average molecular weight is 231 g/mol. The first-order chi connectivity index (χ1) is 8.42. The lowest BCUT2D eigenvalue weighted by Crippen LogP contribution is -2.38. The summed E-state index contributed by atoms with van der Waals surface area (Å²) < 4.78 is 7.38. The maximum absolute atomic E-state index is 5.34. The Morgan fingerprint density at radius 1 is 1.12 bits per heavy atom. The normalized spacial score (nSPS) is 17.6. The molecule has 0 spiro atoms. The molecule has 0 unspecified atom stereocenters. The molecule has 1 aromatic heterocycles. The third-order valence-corrected chi connectivity index (χ3v) is 3.21. The van der Waals surface area contributed by atoms with Gasteiger partial charge in [0.15, 0.2) is 0 Å². The predicted molar refractivity (Wildman–Crippen MR) is 67.0 cm³/mol. The van der Waals surface area contributed by atoms with Crippen LogP contribution >= 0.6 is 0 Å². The fourth-order valence-corrected chi connectivity index (χ4v) is 2.20. The lowest BCUT2D eigenvalue weighted by Gasteiger charge is -2.26. The first kappa shape index (κ1) is 10.7. The number of nitrogens with zero attached hydrogens (tertiary/aromatic N) is 3. The zero-order valence-corrected chi connectivity index (χ0v) is 9.88. The van der Waals surface area contributed by atoms with E-state index < -0.39 is 0 Å². The van der Waals surface area contributed by atoms with Gasteiger partial charge in [-0.15, -0.1) is 0 Å². The van der Waals surface area contributed by atoms with E-state index in [0.717, 1.165) is 44.9 Å². The molecule has 17 heavy (non-hydrogen) atoms. The van der Waals surface area contributed by atoms with Gasteiger partial charge in [-0.1, -0.05) is 18.2 Å². The molecule has 0 aliphatic carbocycles. The summed E-state index contributed by atoms with van der Waals surface area (Å²) in [6.45, 7) is 5.82. The number of aromatic nitrogens is 2. The van der Waals surface area contributed by atoms with Crippen LogP contribution in [0.4, 0.5) is 0 Å². The highest BCUT2D eigenvalue weighted by Crippen LogP contribution is 2.10. The van der Waals surface area contributed by atoms with E-state index in [0.29, 0.717) is 0 Å². The van der Waals surface area contributed by atoms with Crippen LogP contribution in [0.2, 0.25) is 0 Å². The van der Waals surface area contributed by atoms with Crippen molar-refractivity contribution in [2.75, 3.05) is 32.8 Å². The fraction of sp³-hybridized carbons (Fsp3) is 0.462. The Kier molecular flexibility index (Phi) is 3.07. The molecule has 90 valence electrons. The third kappa shape index (κ3) is 2.48. The third-order valence-electron chi connectivity index (χ3n) is 3.21. The standard InChI is InChI=1S/C13H17N3O/c1-2-4-13-12(3-1)11-16(14-13)6-5-15-7-9-17-10-8-15/h1-4,11H,5-10H2. The summed E-state index contributed by atoms with van der Waals surface area (Å²) >= 11 is 0. The van der Waals surface area contributed by atoms with Gasteiger partial charge in [-0.05, 0) is 6.07 Å². The number of ether oxygens (including phenoxy) is 1. The summed E-state index contributed by atoms with van der Waals surface area (Å²) in [5.74, 6) is 0. The topological polar surface area (TPSA) is 30.3 Å². The van der Waals surface area contributed by atoms with Crippen LogP contribution in [0.15, 0.2) is 30.5 Å². The quantitative estimate of drug-likeness (QED) is 0.799. The van der Waals surface area contributed by atoms with E-state index in [1.54, 1.807) is 0 Å². The summed E-state index contributed by atoms with van der Waals surface area (Å²) in [5.41, 5.74) is 1.08. The van der Waals surface area contributed by atoms with Crippen LogP contribution in [0.3, 0.4) is 0 Å². The molecule has 1 aliphatic rings. The van der Waals surface area contributed by atoms with Gasteiger partial charge in [0.25, 0.3) is 0 Å². The highest BCUT2D eigenvalue weighted by Gasteiger charge is 2.10. The van der Waals surface area contributed by atoms with Crippen LogP contribution in [-0.4, -0.2) is 47.5 Å². The predicted octanol–water partition coefficient (Wildman–Crippen LogP) is 1.37. The van der Waals surface area contributed by atoms with E-state index in [-0.39, 0.29) is 0 Å². The van der Waals surface area contributed by atoms with Gasteiger partial charge in [0.05, 0.1) is 25.3 Å². The maximum Gasteiger partial charge on any atom is 0.0923 e. The lowest BCUT2D eigenvalue weighted by molar-refractivity contribution is 0.0360. The van der Waals surface area contributed by atoms with Gasteiger partial charge in [-0.2, -0.15) is 5.10 Å². The summed E-state index contributed by atoms with van der Waals surface area (Å²) in [7, 11) is 0. The van der Waals surface area contributed by atoms with Crippen molar-refractivity contribution in [1.82, 2.24) is 14.7 Å². The van der Waals surface area contributed by atoms with E-state index in [2.05, 4.69) is 34.4 Å². The maximum atomic E-state index is 5.34. The molecular formula is C13H17N3O. The molecule has 3 rings (SSSR count). The van der Waals surface area contributed by atoms with Crippen LogP contribution in [0.5, 0.6) is 0 Å². The van der Waals surface area contributed by atoms with Crippen molar-refractivity contribution in [3.63, 3.8) is 0 Å². The summed E-state index contributed by atoms with van der Waals surface area (Å²) in [6, 6.07) is 8.24. The summed E-state index contributed by atoms with van der Waals surface area (Å²) in [6.07, 6.45) is 2.12. The first-order valence-electron chi connectivity index (χ1n) is 6.14. The van der Waals surface area contributed by atoms with Crippen molar-refractivity contribution in [2.45, 2.75) is 6.54 Å². The van der Waals surface area contributed by atoms with E-state index in [9.17, 15) is 0 Å². The molecule has 0 bridgehead atoms. The molecule has 0 N–H and O–H groups in total. The number of benzene rings is 1. The van der Waals surface area contributed by atoms with Crippen molar-refractivity contribution in [3.05, 3.63) is 30.5 Å². The Morgan fingerprint density at radius 2 is 1.94 bits per heavy atom. The Morgan fingerprint density at radius 3 is 2.76 bits per heavy atom. The van der Waals surface area contributed by atoms with E-state index in [4.69, 9.17) is 4.74 Å². The van der Waals surface area contributed by atoms with Crippen LogP contribution in [0, 0.1) is 0 Å². The molecule has 1 fully saturated rings. The molecule has 4 heteroatoms. The molecular weight excluding hydrogens is 214 g/mol. The highest BCUT2D eigenvalue weighted by atomic mass is 16.5. The fourth-order valence-electron chi connectivity index (χ4n) is 2.20. The SMILES string of the molecule is c1ccc2nn(CCN3CCOCC3)cc2c1. The second-order valence-corrected chi connectivity index (χ2v) is 4.41. The Balaban J connectivity index is 1.64. The second-order valence-electron chi connectivity index (χ2n) is 4.41. The first-order valence-corrected chi connectivity index (χ1v) is 6.14. The van der Waals surface area contributed by atoms with Crippen molar-refractivity contribution in [2.24, 2.45) is 0 Å². The molecule has 2 aromatic rings. The largest absolute Gasteiger partial charge is 0.379 e. The molecule has 0 radical (unpaired) electrons. The minimum Gasteiger partial charge on any atom is -0.379 e. The second kappa shape index (κ2) is 4.85. The van der Waals surface area contributed by atoms with Gasteiger partial charge < -0.3 is 4.74 Å². The number of fused-ring (bicyclic) bond motifs is 1. The summed E-state index contributed by atoms with van der Waals surface area (Å²) in [4.78, 5) is 2.43. The number of rotatable bonds is 3. The molecule has 0 atom stereocenters. The number of morpholine rings is 1. The van der Waals surface area contributed by atoms with Crippen molar-refractivity contribution >= 4 is 10.9 Å². The van der Waals surface area contributed by atoms with Crippen molar-refractivity contribution < 1.29 is 4.74 Å². The average Bonchev–Trinajstić information content (AvgIpc) is 2.80.